The minimum absolute atomic E-state index is 0.261. The molecule has 9 heteroatoms. The van der Waals surface area contributed by atoms with Crippen molar-refractivity contribution in [2.45, 2.75) is 19.4 Å². The Hall–Kier alpha value is -3.80. The van der Waals surface area contributed by atoms with Crippen LogP contribution in [0.1, 0.15) is 18.1 Å². The molecule has 2 aromatic rings. The number of hydrogen-bond donors (Lipinski definition) is 1. The summed E-state index contributed by atoms with van der Waals surface area (Å²) in [4.78, 5) is 24.0. The van der Waals surface area contributed by atoms with Crippen LogP contribution in [0, 0.1) is 11.3 Å². The number of alkyl halides is 3. The quantitative estimate of drug-likeness (QED) is 0.580. The fraction of sp³-hybridized carbons (Fsp3) is 0.150. The monoisotopic (exact) mass is 404 g/mol. The lowest BCUT2D eigenvalue weighted by atomic mass is 10.2. The number of carbonyl (C=O) groups is 2. The van der Waals surface area contributed by atoms with Crippen molar-refractivity contribution in [1.82, 2.24) is 0 Å². The molecule has 0 saturated carbocycles. The van der Waals surface area contributed by atoms with E-state index in [4.69, 9.17) is 10.00 Å². The Morgan fingerprint density at radius 2 is 1.79 bits per heavy atom. The topological polar surface area (TPSA) is 88.4 Å². The first-order valence-corrected chi connectivity index (χ1v) is 8.22. The maximum absolute atomic E-state index is 12.1. The predicted octanol–water partition coefficient (Wildman–Crippen LogP) is 4.04. The summed E-state index contributed by atoms with van der Waals surface area (Å²) in [7, 11) is 0. The number of benzene rings is 2. The number of carbonyl (C=O) groups excluding carboxylic acids is 2. The molecule has 2 aromatic carbocycles. The Morgan fingerprint density at radius 3 is 2.41 bits per heavy atom. The maximum atomic E-state index is 12.1. The second-order valence-corrected chi connectivity index (χ2v) is 5.68. The number of nitriles is 1. The van der Waals surface area contributed by atoms with Crippen molar-refractivity contribution in [3.05, 3.63) is 65.7 Å². The first kappa shape index (κ1) is 21.5. The summed E-state index contributed by atoms with van der Waals surface area (Å²) in [6, 6.07) is 13.1. The lowest BCUT2D eigenvalue weighted by Gasteiger charge is -2.13. The second kappa shape index (κ2) is 9.41. The van der Waals surface area contributed by atoms with E-state index in [9.17, 15) is 22.8 Å². The fourth-order valence-corrected chi connectivity index (χ4v) is 2.14. The Bertz CT molecular complexity index is 947. The van der Waals surface area contributed by atoms with Gasteiger partial charge >= 0.3 is 12.3 Å². The molecule has 0 spiro atoms. The molecule has 0 saturated heterocycles. The maximum Gasteiger partial charge on any atom is 0.573 e. The van der Waals surface area contributed by atoms with Gasteiger partial charge in [-0.1, -0.05) is 24.3 Å². The van der Waals surface area contributed by atoms with Crippen molar-refractivity contribution >= 4 is 23.6 Å². The molecule has 6 nitrogen and oxygen atoms in total. The van der Waals surface area contributed by atoms with E-state index in [1.165, 1.54) is 37.3 Å². The van der Waals surface area contributed by atoms with E-state index in [0.29, 0.717) is 11.3 Å². The summed E-state index contributed by atoms with van der Waals surface area (Å²) in [5, 5.41) is 11.5. The molecule has 0 fully saturated rings. The Balaban J connectivity index is 1.91. The predicted molar refractivity (Wildman–Crippen MR) is 97.5 cm³/mol. The molecule has 29 heavy (non-hydrogen) atoms. The van der Waals surface area contributed by atoms with Crippen LogP contribution in [-0.4, -0.2) is 24.3 Å². The van der Waals surface area contributed by atoms with Crippen LogP contribution < -0.4 is 10.1 Å². The average Bonchev–Trinajstić information content (AvgIpc) is 2.66. The molecule has 1 atom stereocenters. The molecule has 0 aliphatic rings. The van der Waals surface area contributed by atoms with E-state index < -0.39 is 24.3 Å². The third-order valence-electron chi connectivity index (χ3n) is 3.49. The second-order valence-electron chi connectivity index (χ2n) is 5.68. The van der Waals surface area contributed by atoms with Crippen molar-refractivity contribution < 1.29 is 32.2 Å². The molecule has 0 aliphatic heterocycles. The van der Waals surface area contributed by atoms with Crippen LogP contribution in [0.3, 0.4) is 0 Å². The molecule has 150 valence electrons. The van der Waals surface area contributed by atoms with E-state index in [0.717, 1.165) is 18.2 Å². The summed E-state index contributed by atoms with van der Waals surface area (Å²) in [5.41, 5.74) is 0.980. The van der Waals surface area contributed by atoms with Crippen molar-refractivity contribution in [3.63, 3.8) is 0 Å². The van der Waals surface area contributed by atoms with E-state index in [-0.39, 0.29) is 11.3 Å². The lowest BCUT2D eigenvalue weighted by Crippen LogP contribution is -2.29. The molecular formula is C20H15F3N2O4. The van der Waals surface area contributed by atoms with Crippen molar-refractivity contribution in [2.24, 2.45) is 0 Å². The highest BCUT2D eigenvalue weighted by Crippen LogP contribution is 2.23. The van der Waals surface area contributed by atoms with Gasteiger partial charge in [0.15, 0.2) is 6.10 Å². The van der Waals surface area contributed by atoms with Gasteiger partial charge in [0.05, 0.1) is 11.3 Å². The van der Waals surface area contributed by atoms with Crippen molar-refractivity contribution in [1.29, 1.82) is 5.26 Å². The minimum atomic E-state index is -4.79. The Kier molecular flexibility index (Phi) is 6.98. The van der Waals surface area contributed by atoms with E-state index >= 15 is 0 Å². The summed E-state index contributed by atoms with van der Waals surface area (Å²) >= 11 is 0. The molecule has 2 rings (SSSR count). The molecule has 1 N–H and O–H groups in total. The highest BCUT2D eigenvalue weighted by molar-refractivity contribution is 5.97. The number of para-hydroxylation sites is 1. The number of nitrogens with one attached hydrogen (secondary N) is 1. The van der Waals surface area contributed by atoms with E-state index in [2.05, 4.69) is 10.1 Å². The number of ether oxygens (including phenoxy) is 2. The average molecular weight is 404 g/mol. The van der Waals surface area contributed by atoms with Gasteiger partial charge in [0, 0.05) is 6.08 Å². The molecule has 0 radical (unpaired) electrons. The Labute approximate surface area is 164 Å². The van der Waals surface area contributed by atoms with Crippen LogP contribution in [0.5, 0.6) is 5.75 Å². The number of halogens is 3. The lowest BCUT2D eigenvalue weighted by molar-refractivity contribution is -0.274. The third-order valence-corrected chi connectivity index (χ3v) is 3.49. The van der Waals surface area contributed by atoms with E-state index in [1.807, 2.05) is 6.07 Å². The summed E-state index contributed by atoms with van der Waals surface area (Å²) in [6.07, 6.45) is -3.57. The molecule has 0 aromatic heterocycles. The number of amides is 1. The Morgan fingerprint density at radius 1 is 1.14 bits per heavy atom. The van der Waals surface area contributed by atoms with Gasteiger partial charge in [-0.25, -0.2) is 4.79 Å². The van der Waals surface area contributed by atoms with E-state index in [1.54, 1.807) is 12.1 Å². The highest BCUT2D eigenvalue weighted by Gasteiger charge is 2.30. The smallest absolute Gasteiger partial charge is 0.449 e. The van der Waals surface area contributed by atoms with Crippen LogP contribution in [0.4, 0.5) is 18.9 Å². The van der Waals surface area contributed by atoms with Crippen molar-refractivity contribution in [3.8, 4) is 11.8 Å². The highest BCUT2D eigenvalue weighted by atomic mass is 19.4. The van der Waals surface area contributed by atoms with Crippen LogP contribution >= 0.6 is 0 Å². The molecule has 0 bridgehead atoms. The molecule has 0 aliphatic carbocycles. The summed E-state index contributed by atoms with van der Waals surface area (Å²) < 4.78 is 45.1. The van der Waals surface area contributed by atoms with Crippen molar-refractivity contribution in [2.75, 3.05) is 5.32 Å². The van der Waals surface area contributed by atoms with Crippen LogP contribution in [0.2, 0.25) is 0 Å². The van der Waals surface area contributed by atoms with Gasteiger partial charge in [-0.2, -0.15) is 5.26 Å². The van der Waals surface area contributed by atoms with Gasteiger partial charge in [-0.05, 0) is 42.8 Å². The SMILES string of the molecule is C[C@H](OC(=O)/C=C/c1ccc(OC(F)(F)F)cc1)C(=O)Nc1ccccc1C#N. The van der Waals surface area contributed by atoms with Gasteiger partial charge in [0.25, 0.3) is 5.91 Å². The number of nitrogens with zero attached hydrogens (tertiary/aromatic N) is 1. The zero-order chi connectivity index (χ0) is 21.4. The number of esters is 1. The summed E-state index contributed by atoms with van der Waals surface area (Å²) in [6.45, 7) is 1.36. The summed E-state index contributed by atoms with van der Waals surface area (Å²) in [5.74, 6) is -1.83. The van der Waals surface area contributed by atoms with Gasteiger partial charge in [-0.3, -0.25) is 4.79 Å². The fourth-order valence-electron chi connectivity index (χ4n) is 2.14. The molecule has 1 amide bonds. The third kappa shape index (κ3) is 7.03. The van der Waals surface area contributed by atoms with Gasteiger partial charge in [0.2, 0.25) is 0 Å². The molecule has 0 unspecified atom stereocenters. The number of rotatable bonds is 6. The molecular weight excluding hydrogens is 389 g/mol. The normalized spacial score (nSPS) is 12.1. The molecule has 0 heterocycles. The van der Waals surface area contributed by atoms with Gasteiger partial charge in [0.1, 0.15) is 11.8 Å². The first-order valence-electron chi connectivity index (χ1n) is 8.22. The zero-order valence-corrected chi connectivity index (χ0v) is 15.1. The van der Waals surface area contributed by atoms with Gasteiger partial charge in [-0.15, -0.1) is 13.2 Å². The largest absolute Gasteiger partial charge is 0.573 e. The van der Waals surface area contributed by atoms with Gasteiger partial charge < -0.3 is 14.8 Å². The van der Waals surface area contributed by atoms with Crippen LogP contribution in [-0.2, 0) is 14.3 Å². The number of hydrogen-bond acceptors (Lipinski definition) is 5. The van der Waals surface area contributed by atoms with Crippen LogP contribution in [0.25, 0.3) is 6.08 Å². The zero-order valence-electron chi connectivity index (χ0n) is 15.1. The first-order chi connectivity index (χ1) is 13.7. The standard InChI is InChI=1S/C20H15F3N2O4/c1-13(19(27)25-17-5-3-2-4-15(17)12-24)28-18(26)11-8-14-6-9-16(10-7-14)29-20(21,22)23/h2-11,13H,1H3,(H,25,27)/b11-8+/t13-/m0/s1. The van der Waals surface area contributed by atoms with Crippen LogP contribution in [0.15, 0.2) is 54.6 Å². The minimum Gasteiger partial charge on any atom is -0.449 e. The number of anilines is 1.